The van der Waals surface area contributed by atoms with Crippen LogP contribution in [0.15, 0.2) is 146 Å². The van der Waals surface area contributed by atoms with Gasteiger partial charge in [-0.1, -0.05) is 289 Å². The maximum atomic E-state index is 12.9. The summed E-state index contributed by atoms with van der Waals surface area (Å²) in [5.41, 5.74) is 0. The summed E-state index contributed by atoms with van der Waals surface area (Å²) in [5.74, 6) is -0.929. The van der Waals surface area contributed by atoms with Crippen LogP contribution in [0.3, 0.4) is 0 Å². The number of hydrogen-bond donors (Lipinski definition) is 0. The lowest BCUT2D eigenvalue weighted by Gasteiger charge is -2.18. The first kappa shape index (κ1) is 78.3. The van der Waals surface area contributed by atoms with Crippen LogP contribution in [0.2, 0.25) is 0 Å². The van der Waals surface area contributed by atoms with Crippen LogP contribution in [-0.2, 0) is 28.6 Å². The monoisotopic (exact) mass is 1150 g/mol. The molecular formula is C77H126O6. The Kier molecular flexibility index (Phi) is 65.8. The smallest absolute Gasteiger partial charge is 0.306 e. The molecule has 0 saturated heterocycles. The van der Waals surface area contributed by atoms with Crippen LogP contribution < -0.4 is 0 Å². The minimum atomic E-state index is -0.803. The first-order valence-electron chi connectivity index (χ1n) is 34.3. The molecule has 0 rings (SSSR count). The molecule has 0 aliphatic rings. The fraction of sp³-hybridized carbons (Fsp3) is 0.649. The molecule has 0 spiro atoms. The second-order valence-electron chi connectivity index (χ2n) is 22.3. The summed E-state index contributed by atoms with van der Waals surface area (Å²) in [5, 5.41) is 0. The van der Waals surface area contributed by atoms with Gasteiger partial charge in [-0.25, -0.2) is 0 Å². The van der Waals surface area contributed by atoms with Gasteiger partial charge < -0.3 is 14.2 Å². The molecule has 0 radical (unpaired) electrons. The third-order valence-corrected chi connectivity index (χ3v) is 14.3. The molecule has 0 aromatic heterocycles. The number of allylic oxidation sites excluding steroid dienone is 24. The van der Waals surface area contributed by atoms with Gasteiger partial charge in [0, 0.05) is 19.3 Å². The van der Waals surface area contributed by atoms with Crippen molar-refractivity contribution in [2.45, 2.75) is 309 Å². The largest absolute Gasteiger partial charge is 0.462 e. The molecule has 6 nitrogen and oxygen atoms in total. The van der Waals surface area contributed by atoms with E-state index in [1.54, 1.807) is 0 Å². The quantitative estimate of drug-likeness (QED) is 0.0261. The normalized spacial score (nSPS) is 13.0. The lowest BCUT2D eigenvalue weighted by Crippen LogP contribution is -2.30. The molecule has 0 N–H and O–H groups in total. The Bertz CT molecular complexity index is 1800. The zero-order valence-corrected chi connectivity index (χ0v) is 53.9. The summed E-state index contributed by atoms with van der Waals surface area (Å²) in [4.78, 5) is 38.4. The Morgan fingerprint density at radius 2 is 0.470 bits per heavy atom. The van der Waals surface area contributed by atoms with Crippen LogP contribution in [0.4, 0.5) is 0 Å². The molecule has 0 bridgehead atoms. The molecule has 0 amide bonds. The van der Waals surface area contributed by atoms with E-state index in [0.717, 1.165) is 154 Å². The Morgan fingerprint density at radius 1 is 0.253 bits per heavy atom. The maximum Gasteiger partial charge on any atom is 0.306 e. The summed E-state index contributed by atoms with van der Waals surface area (Å²) in [6, 6.07) is 0. The standard InChI is InChI=1S/C77H126O6/c1-4-7-10-13-16-19-22-25-28-31-33-34-35-36-37-38-39-40-41-42-44-46-49-52-55-58-61-64-67-70-76(79)82-73-74(72-81-75(78)69-66-63-60-57-54-51-48-45-30-27-24-21-18-15-12-9-6-3)83-77(80)71-68-65-62-59-56-53-50-47-43-32-29-26-23-20-17-14-11-8-5-2/h7,9-10,12,16-21,25-30,33-34,36-37,43,47-48,51,74H,4-6,8,11,13-15,22-24,31-32,35,38-42,44-46,49-50,52-73H2,1-3H3/b10-7-,12-9-,19-16-,20-17-,21-18-,28-25-,29-26-,30-27-,34-33-,37-36-,47-43-,51-48-. The highest BCUT2D eigenvalue weighted by atomic mass is 16.6. The van der Waals surface area contributed by atoms with E-state index in [2.05, 4.69) is 167 Å². The Labute approximate surface area is 512 Å². The second kappa shape index (κ2) is 69.8. The first-order valence-corrected chi connectivity index (χ1v) is 34.3. The minimum Gasteiger partial charge on any atom is -0.462 e. The topological polar surface area (TPSA) is 78.9 Å². The Balaban J connectivity index is 4.38. The molecule has 0 fully saturated rings. The SMILES string of the molecule is CC/C=C\C/C=C\C/C=C\C/C=C\C/C=C\CCCCCCCCCCCCCCCC(=O)OCC(COC(=O)CCCCCC/C=C\C/C=C\C/C=C\C/C=C\CC)OC(=O)CCCCCCCC/C=C\C/C=C\C/C=C\CCCCC. The van der Waals surface area contributed by atoms with E-state index >= 15 is 0 Å². The average Bonchev–Trinajstić information content (AvgIpc) is 3.49. The molecule has 0 saturated carbocycles. The number of carbonyl (C=O) groups excluding carboxylic acids is 3. The Morgan fingerprint density at radius 3 is 0.735 bits per heavy atom. The van der Waals surface area contributed by atoms with E-state index in [1.807, 2.05) is 0 Å². The average molecular weight is 1150 g/mol. The summed E-state index contributed by atoms with van der Waals surface area (Å²) in [6.45, 7) is 6.37. The highest BCUT2D eigenvalue weighted by Gasteiger charge is 2.19. The van der Waals surface area contributed by atoms with Gasteiger partial charge in [0.25, 0.3) is 0 Å². The molecule has 0 aliphatic carbocycles. The first-order chi connectivity index (χ1) is 41.0. The number of carbonyl (C=O) groups is 3. The lowest BCUT2D eigenvalue weighted by atomic mass is 10.0. The Hall–Kier alpha value is -4.71. The molecule has 0 aromatic rings. The van der Waals surface area contributed by atoms with Gasteiger partial charge in [0.15, 0.2) is 6.10 Å². The maximum absolute atomic E-state index is 12.9. The van der Waals surface area contributed by atoms with Gasteiger partial charge in [-0.3, -0.25) is 14.4 Å². The molecule has 0 aromatic carbocycles. The third kappa shape index (κ3) is 68.0. The van der Waals surface area contributed by atoms with Crippen molar-refractivity contribution in [2.75, 3.05) is 13.2 Å². The number of esters is 3. The van der Waals surface area contributed by atoms with E-state index in [-0.39, 0.29) is 31.1 Å². The molecule has 6 heteroatoms. The van der Waals surface area contributed by atoms with E-state index in [9.17, 15) is 14.4 Å². The van der Waals surface area contributed by atoms with Crippen molar-refractivity contribution in [3.05, 3.63) is 146 Å². The van der Waals surface area contributed by atoms with E-state index in [1.165, 1.54) is 109 Å². The van der Waals surface area contributed by atoms with E-state index in [0.29, 0.717) is 19.3 Å². The summed E-state index contributed by atoms with van der Waals surface area (Å²) < 4.78 is 16.9. The summed E-state index contributed by atoms with van der Waals surface area (Å²) >= 11 is 0. The number of ether oxygens (including phenoxy) is 3. The van der Waals surface area contributed by atoms with Crippen LogP contribution in [0.25, 0.3) is 0 Å². The number of unbranched alkanes of at least 4 members (excludes halogenated alkanes) is 26. The molecule has 1 unspecified atom stereocenters. The second-order valence-corrected chi connectivity index (χ2v) is 22.3. The van der Waals surface area contributed by atoms with Crippen molar-refractivity contribution < 1.29 is 28.6 Å². The summed E-state index contributed by atoms with van der Waals surface area (Å²) in [6.07, 6.45) is 100. The zero-order valence-electron chi connectivity index (χ0n) is 53.9. The van der Waals surface area contributed by atoms with Crippen LogP contribution in [0, 0.1) is 0 Å². The molecule has 83 heavy (non-hydrogen) atoms. The van der Waals surface area contributed by atoms with Gasteiger partial charge in [-0.2, -0.15) is 0 Å². The van der Waals surface area contributed by atoms with Crippen molar-refractivity contribution in [1.29, 1.82) is 0 Å². The van der Waals surface area contributed by atoms with Crippen molar-refractivity contribution in [1.82, 2.24) is 0 Å². The number of rotatable bonds is 61. The van der Waals surface area contributed by atoms with Crippen LogP contribution >= 0.6 is 0 Å². The van der Waals surface area contributed by atoms with Crippen LogP contribution in [0.5, 0.6) is 0 Å². The van der Waals surface area contributed by atoms with Gasteiger partial charge in [0.2, 0.25) is 0 Å². The van der Waals surface area contributed by atoms with Crippen molar-refractivity contribution in [3.63, 3.8) is 0 Å². The predicted octanol–water partition coefficient (Wildman–Crippen LogP) is 23.9. The molecule has 0 aliphatic heterocycles. The highest BCUT2D eigenvalue weighted by molar-refractivity contribution is 5.71. The zero-order chi connectivity index (χ0) is 59.9. The van der Waals surface area contributed by atoms with Gasteiger partial charge in [0.1, 0.15) is 13.2 Å². The van der Waals surface area contributed by atoms with Crippen LogP contribution in [-0.4, -0.2) is 37.2 Å². The molecular weight excluding hydrogens is 1020 g/mol. The van der Waals surface area contributed by atoms with Crippen LogP contribution in [0.1, 0.15) is 303 Å². The van der Waals surface area contributed by atoms with Crippen molar-refractivity contribution in [2.24, 2.45) is 0 Å². The minimum absolute atomic E-state index is 0.0957. The fourth-order valence-electron chi connectivity index (χ4n) is 9.23. The van der Waals surface area contributed by atoms with Gasteiger partial charge >= 0.3 is 17.9 Å². The summed E-state index contributed by atoms with van der Waals surface area (Å²) in [7, 11) is 0. The van der Waals surface area contributed by atoms with Crippen molar-refractivity contribution in [3.8, 4) is 0 Å². The fourth-order valence-corrected chi connectivity index (χ4v) is 9.23. The third-order valence-electron chi connectivity index (χ3n) is 14.3. The lowest BCUT2D eigenvalue weighted by molar-refractivity contribution is -0.167. The van der Waals surface area contributed by atoms with Gasteiger partial charge in [-0.05, 0) is 141 Å². The molecule has 1 atom stereocenters. The van der Waals surface area contributed by atoms with Gasteiger partial charge in [-0.15, -0.1) is 0 Å². The predicted molar refractivity (Wildman–Crippen MR) is 362 cm³/mol. The van der Waals surface area contributed by atoms with Gasteiger partial charge in [0.05, 0.1) is 0 Å². The number of hydrogen-bond acceptors (Lipinski definition) is 6. The molecule has 470 valence electrons. The van der Waals surface area contributed by atoms with E-state index in [4.69, 9.17) is 14.2 Å². The highest BCUT2D eigenvalue weighted by Crippen LogP contribution is 2.16. The van der Waals surface area contributed by atoms with E-state index < -0.39 is 6.10 Å². The van der Waals surface area contributed by atoms with Crippen molar-refractivity contribution >= 4 is 17.9 Å². The molecule has 0 heterocycles.